The summed E-state index contributed by atoms with van der Waals surface area (Å²) in [5.74, 6) is 1.50. The van der Waals surface area contributed by atoms with Gasteiger partial charge in [-0.2, -0.15) is 0 Å². The molecule has 322 valence electrons. The Balaban J connectivity index is 0.996. The molecule has 0 atom stereocenters. The van der Waals surface area contributed by atoms with Crippen molar-refractivity contribution in [3.63, 3.8) is 0 Å². The lowest BCUT2D eigenvalue weighted by atomic mass is 9.98. The van der Waals surface area contributed by atoms with Crippen molar-refractivity contribution in [2.24, 2.45) is 0 Å². The first-order valence-electron chi connectivity index (χ1n) is 23.5. The van der Waals surface area contributed by atoms with Crippen molar-refractivity contribution in [1.29, 1.82) is 0 Å². The first-order valence-corrected chi connectivity index (χ1v) is 23.5. The number of rotatable bonds is 7. The summed E-state index contributed by atoms with van der Waals surface area (Å²) in [6.45, 7) is 0. The molecule has 0 aliphatic carbocycles. The number of para-hydroxylation sites is 4. The van der Waals surface area contributed by atoms with E-state index in [2.05, 4.69) is 238 Å². The van der Waals surface area contributed by atoms with E-state index in [9.17, 15) is 0 Å². The molecule has 0 fully saturated rings. The quantitative estimate of drug-likeness (QED) is 0.160. The molecule has 69 heavy (non-hydrogen) atoms. The van der Waals surface area contributed by atoms with Crippen LogP contribution in [0.2, 0.25) is 0 Å². The minimum absolute atomic E-state index is 0.682. The van der Waals surface area contributed by atoms with Gasteiger partial charge in [-0.15, -0.1) is 0 Å². The second-order valence-electron chi connectivity index (χ2n) is 17.8. The average molecular weight is 880 g/mol. The van der Waals surface area contributed by atoms with E-state index in [1.54, 1.807) is 0 Å². The summed E-state index contributed by atoms with van der Waals surface area (Å²) in [7, 11) is 0. The third-order valence-electron chi connectivity index (χ3n) is 13.8. The predicted molar refractivity (Wildman–Crippen MR) is 287 cm³/mol. The molecule has 4 heterocycles. The van der Waals surface area contributed by atoms with Crippen LogP contribution >= 0.6 is 0 Å². The lowest BCUT2D eigenvalue weighted by molar-refractivity contribution is 1.05. The maximum atomic E-state index is 5.36. The van der Waals surface area contributed by atoms with E-state index in [0.717, 1.165) is 78.1 Å². The molecule has 5 nitrogen and oxygen atoms in total. The van der Waals surface area contributed by atoms with Gasteiger partial charge < -0.3 is 9.13 Å². The number of aromatic nitrogens is 5. The van der Waals surface area contributed by atoms with Gasteiger partial charge in [0.1, 0.15) is 5.82 Å². The van der Waals surface area contributed by atoms with Gasteiger partial charge in [-0.1, -0.05) is 158 Å². The van der Waals surface area contributed by atoms with Gasteiger partial charge in [0.15, 0.2) is 5.82 Å². The Bertz CT molecular complexity index is 4010. The molecule has 0 bridgehead atoms. The van der Waals surface area contributed by atoms with Gasteiger partial charge in [-0.25, -0.2) is 9.97 Å². The van der Waals surface area contributed by atoms with Crippen LogP contribution in [0, 0.1) is 0 Å². The largest absolute Gasteiger partial charge is 0.309 e. The Morgan fingerprint density at radius 2 is 0.580 bits per heavy atom. The third-order valence-corrected chi connectivity index (χ3v) is 13.8. The molecule has 4 aromatic heterocycles. The Hall–Kier alpha value is -9.32. The summed E-state index contributed by atoms with van der Waals surface area (Å²) in [4.78, 5) is 10.5. The van der Waals surface area contributed by atoms with Crippen LogP contribution in [0.25, 0.3) is 128 Å². The molecule has 0 N–H and O–H groups in total. The smallest absolute Gasteiger partial charge is 0.162 e. The number of fused-ring (bicyclic) bond motifs is 9. The fraction of sp³-hybridized carbons (Fsp3) is 0. The average Bonchev–Trinajstić information content (AvgIpc) is 4.06. The highest BCUT2D eigenvalue weighted by Gasteiger charge is 2.20. The molecular formula is C64H41N5. The van der Waals surface area contributed by atoms with E-state index in [1.807, 2.05) is 24.3 Å². The normalized spacial score (nSPS) is 11.8. The third kappa shape index (κ3) is 6.32. The number of hydrogen-bond acceptors (Lipinski definition) is 2. The summed E-state index contributed by atoms with van der Waals surface area (Å²) >= 11 is 0. The second-order valence-corrected chi connectivity index (χ2v) is 17.8. The molecule has 0 saturated carbocycles. The van der Waals surface area contributed by atoms with Gasteiger partial charge in [0, 0.05) is 60.9 Å². The first kappa shape index (κ1) is 38.9. The fourth-order valence-electron chi connectivity index (χ4n) is 10.7. The highest BCUT2D eigenvalue weighted by atomic mass is 15.1. The molecule has 0 radical (unpaired) electrons. The zero-order valence-corrected chi connectivity index (χ0v) is 37.4. The van der Waals surface area contributed by atoms with Crippen molar-refractivity contribution < 1.29 is 0 Å². The monoisotopic (exact) mass is 879 g/mol. The van der Waals surface area contributed by atoms with Crippen molar-refractivity contribution in [3.8, 4) is 62.1 Å². The molecule has 0 saturated heterocycles. The van der Waals surface area contributed by atoms with Crippen LogP contribution in [-0.2, 0) is 0 Å². The van der Waals surface area contributed by atoms with E-state index < -0.39 is 0 Å². The van der Waals surface area contributed by atoms with Gasteiger partial charge in [0.25, 0.3) is 0 Å². The molecule has 0 amide bonds. The maximum absolute atomic E-state index is 5.36. The summed E-state index contributed by atoms with van der Waals surface area (Å²) in [6, 6.07) is 89.3. The lowest BCUT2D eigenvalue weighted by Crippen LogP contribution is -2.02. The zero-order valence-electron chi connectivity index (χ0n) is 37.4. The molecular weight excluding hydrogens is 839 g/mol. The SMILES string of the molecule is c1ccc(-c2cc(-n3c4ccc(-c5ccc6c(c5)c5ccccc5n6-c5ccccc5)cc4c4cc(-c5ccc6c(c5)c5ccccc5n6-c5ccccc5)ccc43)nc(-c3ccccc3)n2)cc1. The van der Waals surface area contributed by atoms with Crippen LogP contribution < -0.4 is 0 Å². The maximum Gasteiger partial charge on any atom is 0.162 e. The van der Waals surface area contributed by atoms with Gasteiger partial charge in [-0.3, -0.25) is 4.57 Å². The molecule has 0 aliphatic rings. The minimum atomic E-state index is 0.682. The zero-order chi connectivity index (χ0) is 45.4. The lowest BCUT2D eigenvalue weighted by Gasteiger charge is -2.12. The molecule has 0 aliphatic heterocycles. The Labute approximate surface area is 398 Å². The molecule has 0 unspecified atom stereocenters. The highest BCUT2D eigenvalue weighted by Crippen LogP contribution is 2.41. The summed E-state index contributed by atoms with van der Waals surface area (Å²) in [6.07, 6.45) is 0. The topological polar surface area (TPSA) is 40.6 Å². The van der Waals surface area contributed by atoms with Crippen molar-refractivity contribution in [3.05, 3.63) is 249 Å². The summed E-state index contributed by atoms with van der Waals surface area (Å²) < 4.78 is 7.07. The molecule has 0 spiro atoms. The van der Waals surface area contributed by atoms with Crippen LogP contribution in [0.3, 0.4) is 0 Å². The van der Waals surface area contributed by atoms with Crippen molar-refractivity contribution >= 4 is 65.4 Å². The van der Waals surface area contributed by atoms with Crippen LogP contribution in [-0.4, -0.2) is 23.7 Å². The fourth-order valence-corrected chi connectivity index (χ4v) is 10.7. The number of benzene rings is 10. The van der Waals surface area contributed by atoms with E-state index in [0.29, 0.717) is 5.82 Å². The number of nitrogens with zero attached hydrogens (tertiary/aromatic N) is 5. The van der Waals surface area contributed by atoms with E-state index >= 15 is 0 Å². The van der Waals surface area contributed by atoms with Crippen LogP contribution in [0.15, 0.2) is 249 Å². The van der Waals surface area contributed by atoms with E-state index in [-0.39, 0.29) is 0 Å². The Morgan fingerprint density at radius 3 is 1.03 bits per heavy atom. The van der Waals surface area contributed by atoms with E-state index in [4.69, 9.17) is 9.97 Å². The minimum Gasteiger partial charge on any atom is -0.309 e. The first-order chi connectivity index (χ1) is 34.2. The van der Waals surface area contributed by atoms with E-state index in [1.165, 1.54) is 43.6 Å². The summed E-state index contributed by atoms with van der Waals surface area (Å²) in [5.41, 5.74) is 16.7. The predicted octanol–water partition coefficient (Wildman–Crippen LogP) is 16.4. The molecule has 14 rings (SSSR count). The van der Waals surface area contributed by atoms with Crippen LogP contribution in [0.4, 0.5) is 0 Å². The molecule has 5 heteroatoms. The van der Waals surface area contributed by atoms with Gasteiger partial charge >= 0.3 is 0 Å². The Kier molecular flexibility index (Phi) is 8.83. The van der Waals surface area contributed by atoms with Crippen molar-refractivity contribution in [2.75, 3.05) is 0 Å². The highest BCUT2D eigenvalue weighted by molar-refractivity contribution is 6.14. The van der Waals surface area contributed by atoms with Crippen molar-refractivity contribution in [1.82, 2.24) is 23.7 Å². The standard InChI is InChI=1S/C64H41N5/c1-5-17-42(18-6-1)56-41-63(66-64(65-56)43-19-7-2-8-20-43)69-61-35-31-46(44-29-33-59-52(37-44)50-25-13-15-27-57(50)67(59)48-21-9-3-10-22-48)39-54(61)55-40-47(32-36-62(55)69)45-30-34-60-53(38-45)51-26-14-16-28-58(51)68(60)49-23-11-4-12-24-49/h1-41H. The molecule has 10 aromatic carbocycles. The molecule has 14 aromatic rings. The van der Waals surface area contributed by atoms with Crippen molar-refractivity contribution in [2.45, 2.75) is 0 Å². The van der Waals surface area contributed by atoms with Gasteiger partial charge in [0.2, 0.25) is 0 Å². The summed E-state index contributed by atoms with van der Waals surface area (Å²) in [5, 5.41) is 7.22. The Morgan fingerprint density at radius 1 is 0.232 bits per heavy atom. The number of hydrogen-bond donors (Lipinski definition) is 0. The van der Waals surface area contributed by atoms with Gasteiger partial charge in [-0.05, 0) is 107 Å². The van der Waals surface area contributed by atoms with Crippen LogP contribution in [0.1, 0.15) is 0 Å². The van der Waals surface area contributed by atoms with Crippen LogP contribution in [0.5, 0.6) is 0 Å². The second kappa shape index (κ2) is 15.7. The van der Waals surface area contributed by atoms with Gasteiger partial charge in [0.05, 0.1) is 38.8 Å².